The second-order valence-corrected chi connectivity index (χ2v) is 5.44. The lowest BCUT2D eigenvalue weighted by atomic mass is 10.2. The molecule has 3 nitrogen and oxygen atoms in total. The number of ether oxygens (including phenoxy) is 1. The first-order valence-electron chi connectivity index (χ1n) is 4.54. The van der Waals surface area contributed by atoms with Crippen molar-refractivity contribution < 1.29 is 4.74 Å². The molecule has 0 N–H and O–H groups in total. The molecule has 0 aliphatic heterocycles. The second-order valence-electron chi connectivity index (χ2n) is 4.15. The molecule has 0 saturated heterocycles. The van der Waals surface area contributed by atoms with Crippen LogP contribution in [-0.2, 0) is 0 Å². The summed E-state index contributed by atoms with van der Waals surface area (Å²) in [6, 6.07) is 0. The van der Waals surface area contributed by atoms with Gasteiger partial charge in [0.25, 0.3) is 0 Å². The van der Waals surface area contributed by atoms with Crippen LogP contribution < -0.4 is 4.74 Å². The van der Waals surface area contributed by atoms with Gasteiger partial charge in [0, 0.05) is 5.38 Å². The molecule has 0 amide bonds. The number of hydrogen-bond acceptors (Lipinski definition) is 4. The van der Waals surface area contributed by atoms with Crippen molar-refractivity contribution in [2.45, 2.75) is 26.4 Å². The van der Waals surface area contributed by atoms with E-state index in [2.05, 4.69) is 9.97 Å². The van der Waals surface area contributed by atoms with E-state index in [0.29, 0.717) is 10.9 Å². The molecule has 2 heterocycles. The van der Waals surface area contributed by atoms with Crippen LogP contribution in [0.2, 0.25) is 5.02 Å². The largest absolute Gasteiger partial charge is 0.471 e. The highest BCUT2D eigenvalue weighted by molar-refractivity contribution is 7.18. The molecule has 0 radical (unpaired) electrons. The van der Waals surface area contributed by atoms with Gasteiger partial charge in [-0.2, -0.15) is 0 Å². The molecular formula is C10H11ClN2OS. The van der Waals surface area contributed by atoms with E-state index in [1.54, 1.807) is 0 Å². The Morgan fingerprint density at radius 3 is 2.73 bits per heavy atom. The Labute approximate surface area is 97.1 Å². The van der Waals surface area contributed by atoms with Gasteiger partial charge in [-0.25, -0.2) is 9.97 Å². The SMILES string of the molecule is CC(C)(C)Oc1ncnc2c(Cl)csc12. The predicted octanol–water partition coefficient (Wildman–Crippen LogP) is 3.52. The zero-order valence-electron chi connectivity index (χ0n) is 8.74. The van der Waals surface area contributed by atoms with Crippen LogP contribution in [0.25, 0.3) is 10.2 Å². The number of halogens is 1. The van der Waals surface area contributed by atoms with Crippen LogP contribution in [0.3, 0.4) is 0 Å². The molecule has 80 valence electrons. The van der Waals surface area contributed by atoms with Crippen LogP contribution >= 0.6 is 22.9 Å². The van der Waals surface area contributed by atoms with Crippen molar-refractivity contribution in [2.75, 3.05) is 0 Å². The smallest absolute Gasteiger partial charge is 0.235 e. The van der Waals surface area contributed by atoms with E-state index < -0.39 is 0 Å². The maximum Gasteiger partial charge on any atom is 0.235 e. The Morgan fingerprint density at radius 1 is 1.33 bits per heavy atom. The van der Waals surface area contributed by atoms with Gasteiger partial charge in [-0.3, -0.25) is 0 Å². The lowest BCUT2D eigenvalue weighted by Gasteiger charge is -2.20. The Kier molecular flexibility index (Phi) is 2.56. The molecule has 15 heavy (non-hydrogen) atoms. The molecule has 0 aliphatic carbocycles. The summed E-state index contributed by atoms with van der Waals surface area (Å²) in [4.78, 5) is 8.24. The molecule has 0 unspecified atom stereocenters. The van der Waals surface area contributed by atoms with Gasteiger partial charge >= 0.3 is 0 Å². The van der Waals surface area contributed by atoms with E-state index in [1.807, 2.05) is 26.2 Å². The maximum absolute atomic E-state index is 5.98. The van der Waals surface area contributed by atoms with Crippen LogP contribution in [0.1, 0.15) is 20.8 Å². The second kappa shape index (κ2) is 3.61. The molecule has 0 spiro atoms. The summed E-state index contributed by atoms with van der Waals surface area (Å²) in [5, 5.41) is 2.49. The van der Waals surface area contributed by atoms with Gasteiger partial charge in [0.05, 0.1) is 5.02 Å². The van der Waals surface area contributed by atoms with Gasteiger partial charge in [0.15, 0.2) is 0 Å². The van der Waals surface area contributed by atoms with E-state index in [4.69, 9.17) is 16.3 Å². The fraction of sp³-hybridized carbons (Fsp3) is 0.400. The molecule has 0 atom stereocenters. The van der Waals surface area contributed by atoms with Gasteiger partial charge in [-0.1, -0.05) is 11.6 Å². The topological polar surface area (TPSA) is 35.0 Å². The molecule has 2 rings (SSSR count). The van der Waals surface area contributed by atoms with Gasteiger partial charge in [-0.05, 0) is 20.8 Å². The van der Waals surface area contributed by atoms with Gasteiger partial charge in [0.2, 0.25) is 5.88 Å². The number of fused-ring (bicyclic) bond motifs is 1. The first kappa shape index (κ1) is 10.6. The van der Waals surface area contributed by atoms with Crippen LogP contribution in [0, 0.1) is 0 Å². The Morgan fingerprint density at radius 2 is 2.07 bits per heavy atom. The summed E-state index contributed by atoms with van der Waals surface area (Å²) >= 11 is 7.48. The van der Waals surface area contributed by atoms with Crippen molar-refractivity contribution in [3.8, 4) is 5.88 Å². The Balaban J connectivity index is 2.52. The summed E-state index contributed by atoms with van der Waals surface area (Å²) in [5.74, 6) is 0.601. The number of thiophene rings is 1. The van der Waals surface area contributed by atoms with Crippen LogP contribution in [-0.4, -0.2) is 15.6 Å². The minimum Gasteiger partial charge on any atom is -0.471 e. The number of aromatic nitrogens is 2. The van der Waals surface area contributed by atoms with E-state index in [0.717, 1.165) is 10.2 Å². The zero-order valence-corrected chi connectivity index (χ0v) is 10.3. The molecule has 0 bridgehead atoms. The summed E-state index contributed by atoms with van der Waals surface area (Å²) in [6.45, 7) is 5.95. The summed E-state index contributed by atoms with van der Waals surface area (Å²) in [5.41, 5.74) is 0.494. The van der Waals surface area contributed by atoms with Gasteiger partial charge < -0.3 is 4.74 Å². The molecule has 5 heteroatoms. The van der Waals surface area contributed by atoms with Crippen molar-refractivity contribution in [3.05, 3.63) is 16.7 Å². The average molecular weight is 243 g/mol. The number of rotatable bonds is 1. The Hall–Kier alpha value is -0.870. The molecule has 0 aromatic carbocycles. The summed E-state index contributed by atoms with van der Waals surface area (Å²) in [6.07, 6.45) is 1.47. The van der Waals surface area contributed by atoms with Crippen LogP contribution in [0.5, 0.6) is 5.88 Å². The lowest BCUT2D eigenvalue weighted by molar-refractivity contribution is 0.126. The minimum absolute atomic E-state index is 0.266. The molecule has 0 aliphatic rings. The molecule has 0 fully saturated rings. The molecule has 0 saturated carbocycles. The van der Waals surface area contributed by atoms with Crippen molar-refractivity contribution in [3.63, 3.8) is 0 Å². The fourth-order valence-electron chi connectivity index (χ4n) is 1.16. The minimum atomic E-state index is -0.266. The lowest BCUT2D eigenvalue weighted by Crippen LogP contribution is -2.23. The first-order valence-corrected chi connectivity index (χ1v) is 5.80. The van der Waals surface area contributed by atoms with Gasteiger partial charge in [-0.15, -0.1) is 11.3 Å². The third-order valence-electron chi connectivity index (χ3n) is 1.68. The summed E-state index contributed by atoms with van der Waals surface area (Å²) < 4.78 is 6.63. The molecular weight excluding hydrogens is 232 g/mol. The van der Waals surface area contributed by atoms with E-state index in [9.17, 15) is 0 Å². The van der Waals surface area contributed by atoms with Crippen molar-refractivity contribution >= 4 is 33.2 Å². The highest BCUT2D eigenvalue weighted by atomic mass is 35.5. The quantitative estimate of drug-likeness (QED) is 0.768. The van der Waals surface area contributed by atoms with Crippen molar-refractivity contribution in [1.29, 1.82) is 0 Å². The highest BCUT2D eigenvalue weighted by Gasteiger charge is 2.17. The van der Waals surface area contributed by atoms with Gasteiger partial charge in [0.1, 0.15) is 22.1 Å². The van der Waals surface area contributed by atoms with Crippen LogP contribution in [0.15, 0.2) is 11.7 Å². The monoisotopic (exact) mass is 242 g/mol. The number of nitrogens with zero attached hydrogens (tertiary/aromatic N) is 2. The van der Waals surface area contributed by atoms with Crippen molar-refractivity contribution in [2.24, 2.45) is 0 Å². The normalized spacial score (nSPS) is 12.0. The van der Waals surface area contributed by atoms with Crippen LogP contribution in [0.4, 0.5) is 0 Å². The molecule has 2 aromatic heterocycles. The fourth-order valence-corrected chi connectivity index (χ4v) is 2.30. The standard InChI is InChI=1S/C10H11ClN2OS/c1-10(2,3)14-9-8-7(12-5-13-9)6(11)4-15-8/h4-5H,1-3H3. The predicted molar refractivity (Wildman–Crippen MR) is 62.8 cm³/mol. The third kappa shape index (κ3) is 2.21. The molecule has 2 aromatic rings. The average Bonchev–Trinajstić information content (AvgIpc) is 2.47. The van der Waals surface area contributed by atoms with Crippen molar-refractivity contribution in [1.82, 2.24) is 9.97 Å². The van der Waals surface area contributed by atoms with E-state index >= 15 is 0 Å². The summed E-state index contributed by atoms with van der Waals surface area (Å²) in [7, 11) is 0. The third-order valence-corrected chi connectivity index (χ3v) is 3.06. The highest BCUT2D eigenvalue weighted by Crippen LogP contribution is 2.34. The first-order chi connectivity index (χ1) is 6.97. The van der Waals surface area contributed by atoms with E-state index in [1.165, 1.54) is 17.7 Å². The van der Waals surface area contributed by atoms with E-state index in [-0.39, 0.29) is 5.60 Å². The zero-order chi connectivity index (χ0) is 11.1. The number of hydrogen-bond donors (Lipinski definition) is 0. The Bertz CT molecular complexity index is 490. The maximum atomic E-state index is 5.98.